The highest BCUT2D eigenvalue weighted by molar-refractivity contribution is 5.70. The fraction of sp³-hybridized carbons (Fsp3) is 0.923. The second-order valence-electron chi connectivity index (χ2n) is 5.75. The molecule has 2 aliphatic heterocycles. The topological polar surface area (TPSA) is 55.8 Å². The Labute approximate surface area is 109 Å². The number of rotatable bonds is 3. The standard InChI is InChI=1S/C13H25N3O2/c1-10(2)15-3-5-16(6-4-15)12-7-11(13(17)18)8-14-9-12/h10-12,14H,3-9H2,1-2H3,(H,17,18)/t11-,12+/m0/s1. The quantitative estimate of drug-likeness (QED) is 0.748. The van der Waals surface area contributed by atoms with Gasteiger partial charge in [0.1, 0.15) is 0 Å². The minimum atomic E-state index is -0.659. The van der Waals surface area contributed by atoms with E-state index in [4.69, 9.17) is 5.11 Å². The zero-order valence-corrected chi connectivity index (χ0v) is 11.4. The van der Waals surface area contributed by atoms with Crippen molar-refractivity contribution >= 4 is 5.97 Å². The maximum absolute atomic E-state index is 11.1. The van der Waals surface area contributed by atoms with Gasteiger partial charge in [-0.2, -0.15) is 0 Å². The minimum absolute atomic E-state index is 0.216. The summed E-state index contributed by atoms with van der Waals surface area (Å²) in [5.41, 5.74) is 0. The number of nitrogens with one attached hydrogen (secondary N) is 1. The molecule has 0 amide bonds. The molecule has 0 saturated carbocycles. The van der Waals surface area contributed by atoms with Crippen LogP contribution >= 0.6 is 0 Å². The Kier molecular flexibility index (Phi) is 4.59. The zero-order valence-electron chi connectivity index (χ0n) is 11.4. The molecule has 0 bridgehead atoms. The van der Waals surface area contributed by atoms with Crippen LogP contribution in [0, 0.1) is 5.92 Å². The van der Waals surface area contributed by atoms with E-state index >= 15 is 0 Å². The lowest BCUT2D eigenvalue weighted by molar-refractivity contribution is -0.143. The third-order valence-electron chi connectivity index (χ3n) is 4.27. The van der Waals surface area contributed by atoms with E-state index in [1.165, 1.54) is 0 Å². The Morgan fingerprint density at radius 1 is 1.22 bits per heavy atom. The first-order valence-electron chi connectivity index (χ1n) is 6.99. The van der Waals surface area contributed by atoms with Gasteiger partial charge in [-0.1, -0.05) is 0 Å². The SMILES string of the molecule is CC(C)N1CCN([C@H]2CNC[C@@H](C(=O)O)C2)CC1. The molecule has 2 atom stereocenters. The van der Waals surface area contributed by atoms with Crippen LogP contribution in [0.5, 0.6) is 0 Å². The summed E-state index contributed by atoms with van der Waals surface area (Å²) in [5.74, 6) is -0.875. The fourth-order valence-corrected chi connectivity index (χ4v) is 3.00. The van der Waals surface area contributed by atoms with Gasteiger partial charge in [-0.15, -0.1) is 0 Å². The molecule has 2 aliphatic rings. The Bertz CT molecular complexity index is 288. The second kappa shape index (κ2) is 5.99. The number of hydrogen-bond acceptors (Lipinski definition) is 4. The number of carboxylic acid groups (broad SMARTS) is 1. The zero-order chi connectivity index (χ0) is 13.1. The fourth-order valence-electron chi connectivity index (χ4n) is 3.00. The lowest BCUT2D eigenvalue weighted by Crippen LogP contribution is -2.57. The van der Waals surface area contributed by atoms with Crippen LogP contribution in [-0.4, -0.2) is 72.2 Å². The van der Waals surface area contributed by atoms with Crippen molar-refractivity contribution in [2.45, 2.75) is 32.4 Å². The third kappa shape index (κ3) is 3.22. The normalized spacial score (nSPS) is 31.7. The molecule has 104 valence electrons. The molecule has 2 heterocycles. The summed E-state index contributed by atoms with van der Waals surface area (Å²) in [6.45, 7) is 10.4. The molecular weight excluding hydrogens is 230 g/mol. The molecule has 18 heavy (non-hydrogen) atoms. The average Bonchev–Trinajstić information content (AvgIpc) is 2.39. The highest BCUT2D eigenvalue weighted by atomic mass is 16.4. The van der Waals surface area contributed by atoms with Crippen molar-refractivity contribution in [3.05, 3.63) is 0 Å². The van der Waals surface area contributed by atoms with Crippen LogP contribution in [0.15, 0.2) is 0 Å². The van der Waals surface area contributed by atoms with E-state index in [0.717, 1.165) is 39.1 Å². The predicted octanol–water partition coefficient (Wildman–Crippen LogP) is 0.0751. The predicted molar refractivity (Wildman–Crippen MR) is 70.7 cm³/mol. The van der Waals surface area contributed by atoms with Gasteiger partial charge in [-0.3, -0.25) is 14.6 Å². The van der Waals surface area contributed by atoms with Crippen LogP contribution in [-0.2, 0) is 4.79 Å². The molecule has 0 aromatic carbocycles. The molecule has 5 nitrogen and oxygen atoms in total. The first kappa shape index (κ1) is 13.8. The van der Waals surface area contributed by atoms with Gasteiger partial charge in [0.2, 0.25) is 0 Å². The minimum Gasteiger partial charge on any atom is -0.481 e. The molecule has 2 rings (SSSR count). The summed E-state index contributed by atoms with van der Waals surface area (Å²) < 4.78 is 0. The molecule has 2 fully saturated rings. The first-order valence-corrected chi connectivity index (χ1v) is 6.99. The average molecular weight is 255 g/mol. The van der Waals surface area contributed by atoms with Crippen molar-refractivity contribution in [3.63, 3.8) is 0 Å². The maximum atomic E-state index is 11.1. The molecule has 0 spiro atoms. The maximum Gasteiger partial charge on any atom is 0.307 e. The monoisotopic (exact) mass is 255 g/mol. The lowest BCUT2D eigenvalue weighted by atomic mass is 9.94. The van der Waals surface area contributed by atoms with Crippen molar-refractivity contribution in [1.82, 2.24) is 15.1 Å². The number of nitrogens with zero attached hydrogens (tertiary/aromatic N) is 2. The summed E-state index contributed by atoms with van der Waals surface area (Å²) in [6.07, 6.45) is 0.796. The Hall–Kier alpha value is -0.650. The molecule has 2 N–H and O–H groups in total. The Morgan fingerprint density at radius 2 is 1.89 bits per heavy atom. The smallest absolute Gasteiger partial charge is 0.307 e. The van der Waals surface area contributed by atoms with Crippen LogP contribution in [0.1, 0.15) is 20.3 Å². The van der Waals surface area contributed by atoms with Gasteiger partial charge < -0.3 is 10.4 Å². The molecule has 2 saturated heterocycles. The van der Waals surface area contributed by atoms with Gasteiger partial charge in [-0.25, -0.2) is 0 Å². The van der Waals surface area contributed by atoms with Crippen molar-refractivity contribution in [2.75, 3.05) is 39.3 Å². The molecule has 0 aromatic rings. The summed E-state index contributed by atoms with van der Waals surface area (Å²) in [4.78, 5) is 16.0. The van der Waals surface area contributed by atoms with E-state index in [1.807, 2.05) is 0 Å². The number of aliphatic carboxylic acids is 1. The largest absolute Gasteiger partial charge is 0.481 e. The van der Waals surface area contributed by atoms with Gasteiger partial charge in [0.15, 0.2) is 0 Å². The number of carbonyl (C=O) groups is 1. The highest BCUT2D eigenvalue weighted by Gasteiger charge is 2.32. The number of piperazine rings is 1. The summed E-state index contributed by atoms with van der Waals surface area (Å²) in [7, 11) is 0. The van der Waals surface area contributed by atoms with Crippen LogP contribution in [0.2, 0.25) is 0 Å². The van der Waals surface area contributed by atoms with Crippen LogP contribution < -0.4 is 5.32 Å². The van der Waals surface area contributed by atoms with Gasteiger partial charge >= 0.3 is 5.97 Å². The molecule has 0 aromatic heterocycles. The highest BCUT2D eigenvalue weighted by Crippen LogP contribution is 2.18. The summed E-state index contributed by atoms with van der Waals surface area (Å²) in [6, 6.07) is 1.01. The van der Waals surface area contributed by atoms with Gasteiger partial charge in [0.05, 0.1) is 5.92 Å². The van der Waals surface area contributed by atoms with Crippen LogP contribution in [0.25, 0.3) is 0 Å². The van der Waals surface area contributed by atoms with E-state index < -0.39 is 5.97 Å². The van der Waals surface area contributed by atoms with E-state index in [9.17, 15) is 4.79 Å². The van der Waals surface area contributed by atoms with Gasteiger partial charge in [0, 0.05) is 51.4 Å². The van der Waals surface area contributed by atoms with Crippen molar-refractivity contribution in [2.24, 2.45) is 5.92 Å². The summed E-state index contributed by atoms with van der Waals surface area (Å²) in [5, 5.41) is 12.4. The van der Waals surface area contributed by atoms with E-state index in [2.05, 4.69) is 29.0 Å². The Morgan fingerprint density at radius 3 is 2.44 bits per heavy atom. The third-order valence-corrected chi connectivity index (χ3v) is 4.27. The molecule has 5 heteroatoms. The molecule has 0 radical (unpaired) electrons. The number of hydrogen-bond donors (Lipinski definition) is 2. The first-order chi connectivity index (χ1) is 8.58. The Balaban J connectivity index is 1.84. The van der Waals surface area contributed by atoms with Crippen molar-refractivity contribution < 1.29 is 9.90 Å². The van der Waals surface area contributed by atoms with Gasteiger partial charge in [0.25, 0.3) is 0 Å². The van der Waals surface area contributed by atoms with E-state index in [1.54, 1.807) is 0 Å². The van der Waals surface area contributed by atoms with Crippen molar-refractivity contribution in [1.29, 1.82) is 0 Å². The molecule has 0 unspecified atom stereocenters. The number of piperidine rings is 1. The lowest BCUT2D eigenvalue weighted by Gasteiger charge is -2.43. The summed E-state index contributed by atoms with van der Waals surface area (Å²) >= 11 is 0. The van der Waals surface area contributed by atoms with Crippen LogP contribution in [0.3, 0.4) is 0 Å². The molecular formula is C13H25N3O2. The van der Waals surface area contributed by atoms with Crippen LogP contribution in [0.4, 0.5) is 0 Å². The van der Waals surface area contributed by atoms with Gasteiger partial charge in [-0.05, 0) is 20.3 Å². The number of carboxylic acids is 1. The van der Waals surface area contributed by atoms with Crippen molar-refractivity contribution in [3.8, 4) is 0 Å². The van der Waals surface area contributed by atoms with E-state index in [0.29, 0.717) is 18.6 Å². The second-order valence-corrected chi connectivity index (χ2v) is 5.75. The molecule has 0 aliphatic carbocycles. The van der Waals surface area contributed by atoms with E-state index in [-0.39, 0.29) is 5.92 Å².